The molecule has 4 rings (SSSR count). The molecule has 1 spiro atoms. The van der Waals surface area contributed by atoms with Gasteiger partial charge in [-0.1, -0.05) is 37.3 Å². The Bertz CT molecular complexity index is 632. The molecule has 3 aliphatic rings. The highest BCUT2D eigenvalue weighted by Crippen LogP contribution is 2.56. The molecule has 1 aromatic rings. The summed E-state index contributed by atoms with van der Waals surface area (Å²) in [5.41, 5.74) is 0.277. The lowest BCUT2D eigenvalue weighted by molar-refractivity contribution is -0.235. The lowest BCUT2D eigenvalue weighted by Crippen LogP contribution is -2.61. The van der Waals surface area contributed by atoms with Gasteiger partial charge in [0.05, 0.1) is 18.6 Å². The number of ether oxygens (including phenoxy) is 2. The summed E-state index contributed by atoms with van der Waals surface area (Å²) in [4.78, 5) is 25.2. The second kappa shape index (κ2) is 5.25. The van der Waals surface area contributed by atoms with Gasteiger partial charge in [0.2, 0.25) is 5.78 Å². The normalized spacial score (nSPS) is 36.2. The van der Waals surface area contributed by atoms with E-state index >= 15 is 0 Å². The molecule has 3 fully saturated rings. The maximum Gasteiger partial charge on any atom is 0.209 e. The first-order chi connectivity index (χ1) is 11.1. The summed E-state index contributed by atoms with van der Waals surface area (Å²) in [6.07, 6.45) is 2.36. The van der Waals surface area contributed by atoms with Gasteiger partial charge in [0.25, 0.3) is 0 Å². The van der Waals surface area contributed by atoms with E-state index in [0.29, 0.717) is 32.5 Å². The summed E-state index contributed by atoms with van der Waals surface area (Å²) in [5, 5.41) is 0. The molecule has 1 heterocycles. The second-order valence-corrected chi connectivity index (χ2v) is 7.03. The monoisotopic (exact) mass is 314 g/mol. The molecule has 0 aromatic heterocycles. The molecule has 2 aliphatic carbocycles. The average Bonchev–Trinajstić information content (AvgIpc) is 3.05. The minimum atomic E-state index is -0.698. The van der Waals surface area contributed by atoms with E-state index in [0.717, 1.165) is 12.0 Å². The lowest BCUT2D eigenvalue weighted by atomic mass is 9.51. The molecule has 1 saturated heterocycles. The lowest BCUT2D eigenvalue weighted by Gasteiger charge is -2.54. The van der Waals surface area contributed by atoms with Crippen molar-refractivity contribution in [3.05, 3.63) is 35.9 Å². The van der Waals surface area contributed by atoms with Gasteiger partial charge in [-0.25, -0.2) is 0 Å². The Labute approximate surface area is 136 Å². The van der Waals surface area contributed by atoms with Crippen molar-refractivity contribution in [3.8, 4) is 0 Å². The number of carbonyl (C=O) groups is 2. The first-order valence-corrected chi connectivity index (χ1v) is 8.51. The standard InChI is InChI=1S/C19H22O4/c1-13-15-7-8-16(20)17(21)18(15,14-5-3-2-4-6-14)9-10-19(13)22-11-12-23-19/h2-6,13,15H,7-12H2,1H3/t13-,15-,18+/m0/s1. The van der Waals surface area contributed by atoms with E-state index in [1.54, 1.807) is 0 Å². The molecule has 4 nitrogen and oxygen atoms in total. The summed E-state index contributed by atoms with van der Waals surface area (Å²) < 4.78 is 11.9. The Hall–Kier alpha value is -1.52. The van der Waals surface area contributed by atoms with E-state index in [1.165, 1.54) is 0 Å². The molecule has 2 saturated carbocycles. The largest absolute Gasteiger partial charge is 0.347 e. The van der Waals surface area contributed by atoms with Crippen molar-refractivity contribution >= 4 is 11.6 Å². The third-order valence-electron chi connectivity index (χ3n) is 6.20. The van der Waals surface area contributed by atoms with Crippen molar-refractivity contribution in [2.24, 2.45) is 11.8 Å². The molecule has 0 amide bonds. The molecule has 23 heavy (non-hydrogen) atoms. The zero-order chi connectivity index (χ0) is 16.1. The number of fused-ring (bicyclic) bond motifs is 1. The second-order valence-electron chi connectivity index (χ2n) is 7.03. The smallest absolute Gasteiger partial charge is 0.209 e. The van der Waals surface area contributed by atoms with E-state index < -0.39 is 11.2 Å². The number of hydrogen-bond donors (Lipinski definition) is 0. The Morgan fingerprint density at radius 3 is 2.43 bits per heavy atom. The summed E-state index contributed by atoms with van der Waals surface area (Å²) in [5.74, 6) is -0.817. The van der Waals surface area contributed by atoms with Crippen molar-refractivity contribution in [1.29, 1.82) is 0 Å². The number of hydrogen-bond acceptors (Lipinski definition) is 4. The maximum atomic E-state index is 13.0. The molecule has 1 aromatic carbocycles. The molecule has 0 radical (unpaired) electrons. The highest BCUT2D eigenvalue weighted by Gasteiger charge is 2.62. The van der Waals surface area contributed by atoms with Crippen molar-refractivity contribution in [1.82, 2.24) is 0 Å². The highest BCUT2D eigenvalue weighted by atomic mass is 16.7. The Morgan fingerprint density at radius 1 is 1.04 bits per heavy atom. The average molecular weight is 314 g/mol. The van der Waals surface area contributed by atoms with Crippen LogP contribution in [0.2, 0.25) is 0 Å². The number of rotatable bonds is 1. The van der Waals surface area contributed by atoms with Crippen LogP contribution in [0.1, 0.15) is 38.2 Å². The molecule has 0 N–H and O–H groups in total. The Kier molecular flexibility index (Phi) is 3.43. The minimum Gasteiger partial charge on any atom is -0.347 e. The van der Waals surface area contributed by atoms with E-state index in [4.69, 9.17) is 9.47 Å². The molecule has 1 aliphatic heterocycles. The fraction of sp³-hybridized carbons (Fsp3) is 0.579. The first-order valence-electron chi connectivity index (χ1n) is 8.51. The molecule has 4 heteroatoms. The zero-order valence-electron chi connectivity index (χ0n) is 13.4. The van der Waals surface area contributed by atoms with Crippen LogP contribution in [0.5, 0.6) is 0 Å². The van der Waals surface area contributed by atoms with Crippen LogP contribution in [0.3, 0.4) is 0 Å². The predicted molar refractivity (Wildman–Crippen MR) is 83.9 cm³/mol. The van der Waals surface area contributed by atoms with E-state index in [1.807, 2.05) is 30.3 Å². The molecule has 122 valence electrons. The minimum absolute atomic E-state index is 0.0851. The number of Topliss-reactive ketones (excluding diaryl/α,β-unsaturated/α-hetero) is 2. The number of benzene rings is 1. The summed E-state index contributed by atoms with van der Waals surface area (Å²) in [6.45, 7) is 3.35. The van der Waals surface area contributed by atoms with Crippen LogP contribution in [-0.4, -0.2) is 30.6 Å². The van der Waals surface area contributed by atoms with Crippen LogP contribution >= 0.6 is 0 Å². The topological polar surface area (TPSA) is 52.6 Å². The highest BCUT2D eigenvalue weighted by molar-refractivity contribution is 6.41. The van der Waals surface area contributed by atoms with Crippen LogP contribution in [0.4, 0.5) is 0 Å². The van der Waals surface area contributed by atoms with Gasteiger partial charge in [0, 0.05) is 18.8 Å². The van der Waals surface area contributed by atoms with Crippen molar-refractivity contribution < 1.29 is 19.1 Å². The van der Waals surface area contributed by atoms with E-state index in [2.05, 4.69) is 6.92 Å². The maximum absolute atomic E-state index is 13.0. The van der Waals surface area contributed by atoms with Gasteiger partial charge in [-0.2, -0.15) is 0 Å². The molecule has 0 bridgehead atoms. The molecule has 0 unspecified atom stereocenters. The van der Waals surface area contributed by atoms with Gasteiger partial charge in [-0.05, 0) is 24.3 Å². The number of carbonyl (C=O) groups excluding carboxylic acids is 2. The van der Waals surface area contributed by atoms with Gasteiger partial charge in [0.1, 0.15) is 0 Å². The molecular formula is C19H22O4. The van der Waals surface area contributed by atoms with Crippen molar-refractivity contribution in [2.75, 3.05) is 13.2 Å². The zero-order valence-corrected chi connectivity index (χ0v) is 13.4. The summed E-state index contributed by atoms with van der Waals surface area (Å²) >= 11 is 0. The van der Waals surface area contributed by atoms with Gasteiger partial charge in [-0.3, -0.25) is 9.59 Å². The van der Waals surface area contributed by atoms with E-state index in [9.17, 15) is 9.59 Å². The van der Waals surface area contributed by atoms with Crippen LogP contribution in [0.15, 0.2) is 30.3 Å². The number of ketones is 2. The summed E-state index contributed by atoms with van der Waals surface area (Å²) in [7, 11) is 0. The fourth-order valence-corrected chi connectivity index (χ4v) is 5.05. The van der Waals surface area contributed by atoms with Crippen molar-refractivity contribution in [3.63, 3.8) is 0 Å². The van der Waals surface area contributed by atoms with Crippen LogP contribution in [0.25, 0.3) is 0 Å². The third-order valence-corrected chi connectivity index (χ3v) is 6.20. The van der Waals surface area contributed by atoms with E-state index in [-0.39, 0.29) is 23.4 Å². The van der Waals surface area contributed by atoms with Gasteiger partial charge in [0.15, 0.2) is 11.6 Å². The van der Waals surface area contributed by atoms with Crippen molar-refractivity contribution in [2.45, 2.75) is 43.8 Å². The first kappa shape index (κ1) is 15.0. The Morgan fingerprint density at radius 2 is 1.74 bits per heavy atom. The fourth-order valence-electron chi connectivity index (χ4n) is 5.05. The summed E-state index contributed by atoms with van der Waals surface area (Å²) in [6, 6.07) is 9.83. The van der Waals surface area contributed by atoms with Gasteiger partial charge in [-0.15, -0.1) is 0 Å². The molecule has 3 atom stereocenters. The third kappa shape index (κ3) is 1.98. The van der Waals surface area contributed by atoms with Gasteiger partial charge < -0.3 is 9.47 Å². The van der Waals surface area contributed by atoms with Crippen LogP contribution in [-0.2, 0) is 24.5 Å². The van der Waals surface area contributed by atoms with Crippen LogP contribution in [0, 0.1) is 11.8 Å². The molecular weight excluding hydrogens is 292 g/mol. The predicted octanol–water partition coefficient (Wildman–Crippen LogP) is 2.65. The Balaban J connectivity index is 1.82. The quantitative estimate of drug-likeness (QED) is 0.748. The SMILES string of the molecule is C[C@H]1[C@@H]2CCC(=O)C(=O)[C@@]2(c2ccccc2)CCC12OCCO2. The van der Waals surface area contributed by atoms with Crippen LogP contribution < -0.4 is 0 Å². The van der Waals surface area contributed by atoms with Gasteiger partial charge >= 0.3 is 0 Å².